The number of hydrogen-bond acceptors (Lipinski definition) is 5. The van der Waals surface area contributed by atoms with Crippen LogP contribution in [0.1, 0.15) is 23.2 Å². The zero-order valence-corrected chi connectivity index (χ0v) is 22.4. The van der Waals surface area contributed by atoms with Crippen LogP contribution in [0, 0.1) is 5.92 Å². The Balaban J connectivity index is 1.20. The van der Waals surface area contributed by atoms with Crippen molar-refractivity contribution in [3.8, 4) is 11.3 Å². The maximum Gasteiger partial charge on any atom is 0.255 e. The first-order chi connectivity index (χ1) is 17.9. The van der Waals surface area contributed by atoms with Crippen molar-refractivity contribution < 1.29 is 9.59 Å². The number of carbonyl (C=O) groups excluding carboxylic acids is 2. The van der Waals surface area contributed by atoms with E-state index in [1.807, 2.05) is 36.4 Å². The number of rotatable bonds is 7. The summed E-state index contributed by atoms with van der Waals surface area (Å²) in [5.74, 6) is 0.881. The lowest BCUT2D eigenvalue weighted by Crippen LogP contribution is -2.52. The predicted octanol–water partition coefficient (Wildman–Crippen LogP) is 5.30. The number of piperazine rings is 1. The van der Waals surface area contributed by atoms with Crippen molar-refractivity contribution in [1.82, 2.24) is 20.0 Å². The van der Waals surface area contributed by atoms with Crippen molar-refractivity contribution in [3.63, 3.8) is 0 Å². The molecule has 2 aromatic carbocycles. The first kappa shape index (κ1) is 25.8. The fraction of sp³-hybridized carbons (Fsp3) is 0.333. The van der Waals surface area contributed by atoms with E-state index >= 15 is 0 Å². The van der Waals surface area contributed by atoms with Crippen molar-refractivity contribution in [2.75, 3.05) is 44.2 Å². The van der Waals surface area contributed by atoms with Gasteiger partial charge in [0.1, 0.15) is 6.54 Å². The number of aromatic nitrogens is 2. The monoisotopic (exact) mass is 557 g/mol. The molecule has 1 saturated carbocycles. The third-order valence-corrected chi connectivity index (χ3v) is 7.58. The number of anilines is 1. The maximum absolute atomic E-state index is 13.2. The van der Waals surface area contributed by atoms with E-state index < -0.39 is 0 Å². The molecule has 0 spiro atoms. The smallest absolute Gasteiger partial charge is 0.255 e. The van der Waals surface area contributed by atoms with Gasteiger partial charge in [0.2, 0.25) is 5.91 Å². The summed E-state index contributed by atoms with van der Waals surface area (Å²) in [6, 6.07) is 16.2. The van der Waals surface area contributed by atoms with Gasteiger partial charge in [-0.05, 0) is 55.2 Å². The van der Waals surface area contributed by atoms with Gasteiger partial charge in [-0.2, -0.15) is 0 Å². The molecule has 37 heavy (non-hydrogen) atoms. The maximum atomic E-state index is 13.2. The van der Waals surface area contributed by atoms with Gasteiger partial charge in [-0.3, -0.25) is 9.59 Å². The summed E-state index contributed by atoms with van der Waals surface area (Å²) in [4.78, 5) is 32.0. The summed E-state index contributed by atoms with van der Waals surface area (Å²) in [7, 11) is 0. The molecule has 0 radical (unpaired) electrons. The molecular formula is C27H26Cl3N5O2. The standard InChI is InChI=1S/C27H26Cl3N5O2/c28-19-7-8-21(23(30)15-19)27(37)35(16-18-5-6-18)17-26(36)34-13-11-33(12-14-34)25-10-9-24(31-32-25)20-3-1-2-4-22(20)29/h1-4,7-10,15,18H,5-6,11-14,16-17H2. The molecule has 2 heterocycles. The molecule has 2 amide bonds. The van der Waals surface area contributed by atoms with E-state index in [1.165, 1.54) is 0 Å². The number of nitrogens with zero attached hydrogens (tertiary/aromatic N) is 5. The lowest BCUT2D eigenvalue weighted by molar-refractivity contribution is -0.132. The van der Waals surface area contributed by atoms with Crippen LogP contribution in [0.2, 0.25) is 15.1 Å². The third-order valence-electron chi connectivity index (χ3n) is 6.71. The van der Waals surface area contributed by atoms with E-state index in [2.05, 4.69) is 15.1 Å². The summed E-state index contributed by atoms with van der Waals surface area (Å²) < 4.78 is 0. The lowest BCUT2D eigenvalue weighted by atomic mass is 10.1. The number of halogens is 3. The molecule has 0 N–H and O–H groups in total. The van der Waals surface area contributed by atoms with Gasteiger partial charge in [-0.1, -0.05) is 53.0 Å². The quantitative estimate of drug-likeness (QED) is 0.393. The molecule has 192 valence electrons. The number of amides is 2. The Morgan fingerprint density at radius 1 is 0.892 bits per heavy atom. The minimum Gasteiger partial charge on any atom is -0.352 e. The van der Waals surface area contributed by atoms with E-state index in [4.69, 9.17) is 34.8 Å². The Morgan fingerprint density at radius 2 is 1.65 bits per heavy atom. The van der Waals surface area contributed by atoms with Crippen LogP contribution in [0.3, 0.4) is 0 Å². The Morgan fingerprint density at radius 3 is 2.30 bits per heavy atom. The first-order valence-corrected chi connectivity index (χ1v) is 13.4. The molecule has 2 aliphatic rings. The summed E-state index contributed by atoms with van der Waals surface area (Å²) in [6.07, 6.45) is 2.14. The van der Waals surface area contributed by atoms with Crippen LogP contribution in [0.4, 0.5) is 5.82 Å². The molecule has 7 nitrogen and oxygen atoms in total. The Hall–Kier alpha value is -2.87. The van der Waals surface area contributed by atoms with Crippen LogP contribution >= 0.6 is 34.8 Å². The summed E-state index contributed by atoms with van der Waals surface area (Å²) in [5, 5.41) is 10.1. The van der Waals surface area contributed by atoms with Crippen molar-refractivity contribution in [2.24, 2.45) is 5.92 Å². The van der Waals surface area contributed by atoms with Crippen molar-refractivity contribution in [2.45, 2.75) is 12.8 Å². The normalized spacial score (nSPS) is 15.5. The molecule has 1 aliphatic heterocycles. The average Bonchev–Trinajstić information content (AvgIpc) is 3.73. The largest absolute Gasteiger partial charge is 0.352 e. The van der Waals surface area contributed by atoms with Crippen LogP contribution in [0.25, 0.3) is 11.3 Å². The Bertz CT molecular complexity index is 1290. The molecular weight excluding hydrogens is 533 g/mol. The fourth-order valence-corrected chi connectivity index (χ4v) is 5.14. The Kier molecular flexibility index (Phi) is 7.84. The predicted molar refractivity (Wildman–Crippen MR) is 146 cm³/mol. The molecule has 1 aromatic heterocycles. The van der Waals surface area contributed by atoms with E-state index in [0.717, 1.165) is 24.2 Å². The highest BCUT2D eigenvalue weighted by atomic mass is 35.5. The minimum absolute atomic E-state index is 0.0284. The third kappa shape index (κ3) is 6.17. The van der Waals surface area contributed by atoms with Crippen molar-refractivity contribution in [3.05, 3.63) is 75.2 Å². The van der Waals surface area contributed by atoms with Gasteiger partial charge in [0.25, 0.3) is 5.91 Å². The molecule has 1 aliphatic carbocycles. The fourth-order valence-electron chi connectivity index (χ4n) is 4.42. The highest BCUT2D eigenvalue weighted by Crippen LogP contribution is 2.31. The van der Waals surface area contributed by atoms with E-state index in [1.54, 1.807) is 28.0 Å². The average molecular weight is 559 g/mol. The van der Waals surface area contributed by atoms with E-state index in [-0.39, 0.29) is 18.4 Å². The summed E-state index contributed by atoms with van der Waals surface area (Å²) in [5.41, 5.74) is 1.91. The van der Waals surface area contributed by atoms with Crippen molar-refractivity contribution in [1.29, 1.82) is 0 Å². The van der Waals surface area contributed by atoms with Gasteiger partial charge in [-0.15, -0.1) is 10.2 Å². The van der Waals surface area contributed by atoms with Crippen molar-refractivity contribution >= 4 is 52.4 Å². The zero-order valence-electron chi connectivity index (χ0n) is 20.1. The first-order valence-electron chi connectivity index (χ1n) is 12.2. The molecule has 0 atom stereocenters. The van der Waals surface area contributed by atoms with Crippen LogP contribution in [-0.4, -0.2) is 71.1 Å². The number of carbonyl (C=O) groups is 2. The van der Waals surface area contributed by atoms with Gasteiger partial charge >= 0.3 is 0 Å². The second-order valence-electron chi connectivity index (χ2n) is 9.38. The second kappa shape index (κ2) is 11.3. The summed E-state index contributed by atoms with van der Waals surface area (Å²) in [6.45, 7) is 2.92. The highest BCUT2D eigenvalue weighted by Gasteiger charge is 2.31. The summed E-state index contributed by atoms with van der Waals surface area (Å²) >= 11 is 18.5. The molecule has 1 saturated heterocycles. The second-order valence-corrected chi connectivity index (χ2v) is 10.6. The molecule has 10 heteroatoms. The van der Waals surface area contributed by atoms with Crippen LogP contribution in [-0.2, 0) is 4.79 Å². The number of hydrogen-bond donors (Lipinski definition) is 0. The van der Waals surface area contributed by atoms with Gasteiger partial charge in [0.15, 0.2) is 5.82 Å². The molecule has 2 fully saturated rings. The van der Waals surface area contributed by atoms with Gasteiger partial charge < -0.3 is 14.7 Å². The number of benzene rings is 2. The van der Waals surface area contributed by atoms with Crippen LogP contribution in [0.15, 0.2) is 54.6 Å². The molecule has 0 unspecified atom stereocenters. The Labute approximate surface area is 230 Å². The lowest BCUT2D eigenvalue weighted by Gasteiger charge is -2.36. The SMILES string of the molecule is O=C(CN(CC1CC1)C(=O)c1ccc(Cl)cc1Cl)N1CCN(c2ccc(-c3ccccc3Cl)nn2)CC1. The molecule has 0 bridgehead atoms. The topological polar surface area (TPSA) is 69.6 Å². The highest BCUT2D eigenvalue weighted by molar-refractivity contribution is 6.36. The van der Waals surface area contributed by atoms with E-state index in [0.29, 0.717) is 65.0 Å². The minimum atomic E-state index is -0.241. The van der Waals surface area contributed by atoms with Crippen LogP contribution < -0.4 is 4.90 Å². The van der Waals surface area contributed by atoms with Gasteiger partial charge in [-0.25, -0.2) is 0 Å². The van der Waals surface area contributed by atoms with E-state index in [9.17, 15) is 9.59 Å². The molecule has 5 rings (SSSR count). The zero-order chi connectivity index (χ0) is 25.9. The van der Waals surface area contributed by atoms with Gasteiger partial charge in [0, 0.05) is 43.3 Å². The van der Waals surface area contributed by atoms with Gasteiger partial charge in [0.05, 0.1) is 21.3 Å². The van der Waals surface area contributed by atoms with Crippen LogP contribution in [0.5, 0.6) is 0 Å². The molecule has 3 aromatic rings.